The highest BCUT2D eigenvalue weighted by molar-refractivity contribution is 7.84. The number of benzene rings is 1. The van der Waals surface area contributed by atoms with Crippen LogP contribution in [0.2, 0.25) is 0 Å². The van der Waals surface area contributed by atoms with Crippen LogP contribution in [-0.4, -0.2) is 61.2 Å². The number of ether oxygens (including phenoxy) is 1. The summed E-state index contributed by atoms with van der Waals surface area (Å²) in [5, 5.41) is 11.0. The van der Waals surface area contributed by atoms with E-state index in [4.69, 9.17) is 4.74 Å². The molecule has 1 aromatic carbocycles. The highest BCUT2D eigenvalue weighted by Crippen LogP contribution is 2.48. The molecule has 1 saturated heterocycles. The first-order chi connectivity index (χ1) is 15.6. The molecule has 2 N–H and O–H groups in total. The molecule has 1 aromatic heterocycles. The van der Waals surface area contributed by atoms with Crippen molar-refractivity contribution in [3.8, 4) is 0 Å². The highest BCUT2D eigenvalue weighted by Gasteiger charge is 2.51. The molecule has 178 valence electrons. The molecule has 0 radical (unpaired) electrons. The summed E-state index contributed by atoms with van der Waals surface area (Å²) >= 11 is 0. The topological polar surface area (TPSA) is 109 Å². The van der Waals surface area contributed by atoms with Gasteiger partial charge in [0, 0.05) is 37.1 Å². The van der Waals surface area contributed by atoms with Gasteiger partial charge in [0.25, 0.3) is 0 Å². The Labute approximate surface area is 196 Å². The van der Waals surface area contributed by atoms with E-state index < -0.39 is 27.8 Å². The van der Waals surface area contributed by atoms with Gasteiger partial charge in [0.15, 0.2) is 5.69 Å². The molecular weight excluding hydrogens is 442 g/mol. The number of hydrogen-bond acceptors (Lipinski definition) is 5. The van der Waals surface area contributed by atoms with Gasteiger partial charge in [-0.2, -0.15) is 0 Å². The molecule has 1 aliphatic heterocycles. The van der Waals surface area contributed by atoms with Gasteiger partial charge in [-0.1, -0.05) is 24.3 Å². The maximum absolute atomic E-state index is 13.1. The van der Waals surface area contributed by atoms with Crippen molar-refractivity contribution >= 4 is 33.8 Å². The van der Waals surface area contributed by atoms with E-state index in [1.54, 1.807) is 6.20 Å². The number of pyridine rings is 1. The molecule has 1 amide bonds. The van der Waals surface area contributed by atoms with E-state index in [0.717, 1.165) is 10.8 Å². The number of nitrogens with one attached hydrogen (secondary N) is 1. The third-order valence-electron chi connectivity index (χ3n) is 6.85. The first-order valence-electron chi connectivity index (χ1n) is 11.3. The Bertz CT molecular complexity index is 1070. The van der Waals surface area contributed by atoms with Crippen molar-refractivity contribution in [3.63, 3.8) is 0 Å². The zero-order chi connectivity index (χ0) is 23.8. The zero-order valence-electron chi connectivity index (χ0n) is 19.2. The summed E-state index contributed by atoms with van der Waals surface area (Å²) in [6.07, 6.45) is 2.74. The third-order valence-corrected chi connectivity index (χ3v) is 8.46. The molecule has 4 rings (SSSR count). The number of carboxylic acid groups (broad SMARTS) is 1. The molecule has 2 aliphatic rings. The van der Waals surface area contributed by atoms with Gasteiger partial charge in [-0.15, -0.1) is 0 Å². The smallest absolute Gasteiger partial charge is 0.407 e. The Balaban J connectivity index is 1.54. The van der Waals surface area contributed by atoms with Gasteiger partial charge in [0.1, 0.15) is 6.10 Å². The van der Waals surface area contributed by atoms with Crippen LogP contribution in [0.15, 0.2) is 36.5 Å². The Hall–Kier alpha value is -2.52. The fourth-order valence-corrected chi connectivity index (χ4v) is 5.90. The largest absolute Gasteiger partial charge is 0.465 e. The van der Waals surface area contributed by atoms with Gasteiger partial charge >= 0.3 is 12.1 Å². The van der Waals surface area contributed by atoms with Crippen LogP contribution in [0, 0.1) is 5.41 Å². The SMILES string of the molecule is CC(C)(C)S(=O)N[C@@H]1C[C@@H](OC(=O)c2nccc3ccccc23)CC12CCN(C(=O)O)CC2. The second kappa shape index (κ2) is 9.02. The van der Waals surface area contributed by atoms with Crippen LogP contribution in [0.3, 0.4) is 0 Å². The van der Waals surface area contributed by atoms with Crippen LogP contribution in [0.4, 0.5) is 4.79 Å². The second-order valence-electron chi connectivity index (χ2n) is 10.0. The van der Waals surface area contributed by atoms with Gasteiger partial charge in [-0.25, -0.2) is 23.5 Å². The molecule has 3 atom stereocenters. The summed E-state index contributed by atoms with van der Waals surface area (Å²) in [4.78, 5) is 30.2. The maximum atomic E-state index is 13.1. The summed E-state index contributed by atoms with van der Waals surface area (Å²) < 4.78 is 21.7. The maximum Gasteiger partial charge on any atom is 0.407 e. The van der Waals surface area contributed by atoms with Gasteiger partial charge in [-0.3, -0.25) is 0 Å². The number of carbonyl (C=O) groups is 2. The summed E-state index contributed by atoms with van der Waals surface area (Å²) in [5.41, 5.74) is 0.0156. The summed E-state index contributed by atoms with van der Waals surface area (Å²) in [5.74, 6) is -0.465. The van der Waals surface area contributed by atoms with Gasteiger partial charge < -0.3 is 14.7 Å². The number of piperidine rings is 1. The molecule has 2 heterocycles. The van der Waals surface area contributed by atoms with Crippen molar-refractivity contribution in [1.82, 2.24) is 14.6 Å². The number of amides is 1. The van der Waals surface area contributed by atoms with Crippen LogP contribution in [0.1, 0.15) is 56.9 Å². The molecule has 2 fully saturated rings. The van der Waals surface area contributed by atoms with Crippen molar-refractivity contribution in [3.05, 3.63) is 42.2 Å². The minimum absolute atomic E-state index is 0.133. The number of nitrogens with zero attached hydrogens (tertiary/aromatic N) is 2. The lowest BCUT2D eigenvalue weighted by molar-refractivity contribution is 0.0249. The summed E-state index contributed by atoms with van der Waals surface area (Å²) in [7, 11) is -1.29. The van der Waals surface area contributed by atoms with E-state index >= 15 is 0 Å². The van der Waals surface area contributed by atoms with Gasteiger partial charge in [0.2, 0.25) is 0 Å². The number of rotatable bonds is 4. The average Bonchev–Trinajstić information content (AvgIpc) is 3.08. The number of fused-ring (bicyclic) bond motifs is 1. The minimum atomic E-state index is -1.29. The number of hydrogen-bond donors (Lipinski definition) is 2. The molecule has 9 heteroatoms. The average molecular weight is 474 g/mol. The standard InChI is InChI=1S/C24H31N3O5S/c1-23(2,3)33(31)26-19-14-17(15-24(19)9-12-27(13-10-24)22(29)30)32-21(28)20-18-7-5-4-6-16(18)8-11-25-20/h4-8,11,17,19,26H,9-10,12-15H2,1-3H3,(H,29,30)/t17-,19-,33?/m1/s1. The second-order valence-corrected chi connectivity index (χ2v) is 12.0. The molecular formula is C24H31N3O5S. The molecule has 8 nitrogen and oxygen atoms in total. The molecule has 0 bridgehead atoms. The van der Waals surface area contributed by atoms with E-state index in [0.29, 0.717) is 38.8 Å². The highest BCUT2D eigenvalue weighted by atomic mass is 32.2. The summed E-state index contributed by atoms with van der Waals surface area (Å²) in [6.45, 7) is 6.57. The van der Waals surface area contributed by atoms with Gasteiger partial charge in [-0.05, 0) is 56.9 Å². The molecule has 33 heavy (non-hydrogen) atoms. The molecule has 1 spiro atoms. The van der Waals surface area contributed by atoms with Crippen LogP contribution in [0.25, 0.3) is 10.8 Å². The Morgan fingerprint density at radius 2 is 1.91 bits per heavy atom. The molecule has 1 unspecified atom stereocenters. The van der Waals surface area contributed by atoms with E-state index in [1.165, 1.54) is 4.90 Å². The number of aromatic nitrogens is 1. The van der Waals surface area contributed by atoms with Crippen molar-refractivity contribution in [2.75, 3.05) is 13.1 Å². The van der Waals surface area contributed by atoms with E-state index in [2.05, 4.69) is 9.71 Å². The first-order valence-corrected chi connectivity index (χ1v) is 12.4. The third kappa shape index (κ3) is 4.89. The number of carbonyl (C=O) groups excluding carboxylic acids is 1. The first kappa shape index (κ1) is 23.6. The molecule has 2 aromatic rings. The lowest BCUT2D eigenvalue weighted by Crippen LogP contribution is -2.51. The van der Waals surface area contributed by atoms with E-state index in [9.17, 15) is 18.9 Å². The normalized spacial score (nSPS) is 23.5. The summed E-state index contributed by atoms with van der Waals surface area (Å²) in [6, 6.07) is 9.28. The lowest BCUT2D eigenvalue weighted by atomic mass is 9.74. The zero-order valence-corrected chi connectivity index (χ0v) is 20.1. The van der Waals surface area contributed by atoms with Crippen molar-refractivity contribution < 1.29 is 23.6 Å². The van der Waals surface area contributed by atoms with Crippen LogP contribution < -0.4 is 4.72 Å². The van der Waals surface area contributed by atoms with Crippen LogP contribution >= 0.6 is 0 Å². The van der Waals surface area contributed by atoms with Crippen LogP contribution in [0.5, 0.6) is 0 Å². The number of esters is 1. The quantitative estimate of drug-likeness (QED) is 0.655. The van der Waals surface area contributed by atoms with Crippen molar-refractivity contribution in [2.24, 2.45) is 5.41 Å². The molecule has 1 aliphatic carbocycles. The van der Waals surface area contributed by atoms with Crippen molar-refractivity contribution in [2.45, 2.75) is 63.3 Å². The monoisotopic (exact) mass is 473 g/mol. The lowest BCUT2D eigenvalue weighted by Gasteiger charge is -2.42. The molecule has 1 saturated carbocycles. The minimum Gasteiger partial charge on any atom is -0.465 e. The van der Waals surface area contributed by atoms with E-state index in [-0.39, 0.29) is 23.3 Å². The Morgan fingerprint density at radius 3 is 2.58 bits per heavy atom. The van der Waals surface area contributed by atoms with Crippen LogP contribution in [-0.2, 0) is 15.7 Å². The predicted molar refractivity (Wildman–Crippen MR) is 126 cm³/mol. The van der Waals surface area contributed by atoms with E-state index in [1.807, 2.05) is 51.1 Å². The number of likely N-dealkylation sites (tertiary alicyclic amines) is 1. The van der Waals surface area contributed by atoms with Gasteiger partial charge in [0.05, 0.1) is 15.7 Å². The Kier molecular flexibility index (Phi) is 6.46. The fraction of sp³-hybridized carbons (Fsp3) is 0.542. The van der Waals surface area contributed by atoms with Crippen molar-refractivity contribution in [1.29, 1.82) is 0 Å². The Morgan fingerprint density at radius 1 is 1.21 bits per heavy atom. The predicted octanol–water partition coefficient (Wildman–Crippen LogP) is 3.73. The fourth-order valence-electron chi connectivity index (χ4n) is 4.95.